The van der Waals surface area contributed by atoms with E-state index in [1.807, 2.05) is 25.1 Å². The Morgan fingerprint density at radius 3 is 2.96 bits per heavy atom. The van der Waals surface area contributed by atoms with Crippen LogP contribution in [0.3, 0.4) is 0 Å². The first-order valence-corrected chi connectivity index (χ1v) is 8.10. The van der Waals surface area contributed by atoms with Gasteiger partial charge in [-0.15, -0.1) is 0 Å². The number of aryl methyl sites for hydroxylation is 1. The van der Waals surface area contributed by atoms with E-state index in [2.05, 4.69) is 26.4 Å². The van der Waals surface area contributed by atoms with Crippen LogP contribution in [0.1, 0.15) is 17.0 Å². The zero-order chi connectivity index (χ0) is 16.5. The Morgan fingerprint density at radius 1 is 1.25 bits per heavy atom. The summed E-state index contributed by atoms with van der Waals surface area (Å²) in [6.07, 6.45) is 1.02. The Bertz CT molecular complexity index is 828. The highest BCUT2D eigenvalue weighted by Gasteiger charge is 2.34. The summed E-state index contributed by atoms with van der Waals surface area (Å²) in [5.41, 5.74) is 3.67. The third-order valence-corrected chi connectivity index (χ3v) is 4.66. The lowest BCUT2D eigenvalue weighted by molar-refractivity contribution is 0.0762. The van der Waals surface area contributed by atoms with E-state index in [1.165, 1.54) is 0 Å². The van der Waals surface area contributed by atoms with Crippen molar-refractivity contribution in [1.29, 1.82) is 0 Å². The molecule has 0 unspecified atom stereocenters. The van der Waals surface area contributed by atoms with Crippen LogP contribution in [0.5, 0.6) is 0 Å². The van der Waals surface area contributed by atoms with E-state index in [0.29, 0.717) is 5.92 Å². The molecule has 0 aliphatic carbocycles. The van der Waals surface area contributed by atoms with Crippen LogP contribution >= 0.6 is 0 Å². The first-order valence-electron chi connectivity index (χ1n) is 8.10. The molecule has 2 aromatic heterocycles. The van der Waals surface area contributed by atoms with E-state index in [9.17, 15) is 0 Å². The normalized spacial score (nSPS) is 21.8. The average Bonchev–Trinajstić information content (AvgIpc) is 3.28. The first-order chi connectivity index (χ1) is 11.7. The highest BCUT2D eigenvalue weighted by molar-refractivity contribution is 5.76. The number of hydrogen-bond donors (Lipinski definition) is 0. The van der Waals surface area contributed by atoms with E-state index in [0.717, 1.165) is 54.1 Å². The van der Waals surface area contributed by atoms with Crippen LogP contribution in [0.4, 0.5) is 0 Å². The fourth-order valence-electron chi connectivity index (χ4n) is 3.52. The van der Waals surface area contributed by atoms with Gasteiger partial charge >= 0.3 is 0 Å². The molecule has 126 valence electrons. The van der Waals surface area contributed by atoms with Gasteiger partial charge in [0.15, 0.2) is 0 Å². The number of methoxy groups -OCH3 is 1. The second-order valence-corrected chi connectivity index (χ2v) is 6.42. The SMILES string of the molecule is CO[C@H]1CN(Cc2cccc3nonc23)C[C@H]1Cc1cc(C)no1. The molecule has 0 saturated carbocycles. The van der Waals surface area contributed by atoms with Gasteiger partial charge < -0.3 is 9.26 Å². The van der Waals surface area contributed by atoms with Crippen molar-refractivity contribution in [3.05, 3.63) is 41.3 Å². The Labute approximate surface area is 139 Å². The molecule has 0 spiro atoms. The fraction of sp³-hybridized carbons (Fsp3) is 0.471. The van der Waals surface area contributed by atoms with Crippen molar-refractivity contribution in [2.75, 3.05) is 20.2 Å². The summed E-state index contributed by atoms with van der Waals surface area (Å²) in [6, 6.07) is 7.96. The van der Waals surface area contributed by atoms with Gasteiger partial charge in [0, 0.05) is 45.1 Å². The van der Waals surface area contributed by atoms with Crippen LogP contribution in [0, 0.1) is 12.8 Å². The van der Waals surface area contributed by atoms with Gasteiger partial charge in [-0.2, -0.15) is 0 Å². The van der Waals surface area contributed by atoms with Crippen molar-refractivity contribution in [2.45, 2.75) is 26.0 Å². The molecule has 1 fully saturated rings. The van der Waals surface area contributed by atoms with Crippen LogP contribution in [-0.4, -0.2) is 46.7 Å². The maximum absolute atomic E-state index is 5.69. The van der Waals surface area contributed by atoms with Gasteiger partial charge in [0.25, 0.3) is 0 Å². The zero-order valence-corrected chi connectivity index (χ0v) is 13.8. The third-order valence-electron chi connectivity index (χ3n) is 4.66. The first kappa shape index (κ1) is 15.3. The molecule has 1 saturated heterocycles. The summed E-state index contributed by atoms with van der Waals surface area (Å²) in [4.78, 5) is 2.38. The number of likely N-dealkylation sites (tertiary alicyclic amines) is 1. The van der Waals surface area contributed by atoms with Crippen LogP contribution in [0.25, 0.3) is 11.0 Å². The number of fused-ring (bicyclic) bond motifs is 1. The summed E-state index contributed by atoms with van der Waals surface area (Å²) in [5.74, 6) is 1.31. The quantitative estimate of drug-likeness (QED) is 0.710. The summed E-state index contributed by atoms with van der Waals surface area (Å²) >= 11 is 0. The lowest BCUT2D eigenvalue weighted by Crippen LogP contribution is -2.23. The molecular weight excluding hydrogens is 308 g/mol. The molecule has 0 amide bonds. The molecule has 24 heavy (non-hydrogen) atoms. The molecule has 1 aliphatic rings. The second kappa shape index (κ2) is 6.33. The van der Waals surface area contributed by atoms with Gasteiger partial charge in [-0.3, -0.25) is 4.90 Å². The van der Waals surface area contributed by atoms with Gasteiger partial charge in [0.1, 0.15) is 16.8 Å². The summed E-state index contributed by atoms with van der Waals surface area (Å²) in [7, 11) is 1.77. The average molecular weight is 328 g/mol. The van der Waals surface area contributed by atoms with E-state index in [-0.39, 0.29) is 6.10 Å². The van der Waals surface area contributed by atoms with Crippen molar-refractivity contribution in [2.24, 2.45) is 5.92 Å². The molecule has 3 aromatic rings. The van der Waals surface area contributed by atoms with Crippen LogP contribution in [0.2, 0.25) is 0 Å². The van der Waals surface area contributed by atoms with Crippen molar-refractivity contribution in [1.82, 2.24) is 20.4 Å². The Morgan fingerprint density at radius 2 is 2.17 bits per heavy atom. The Kier molecular flexibility index (Phi) is 4.03. The molecule has 1 aromatic carbocycles. The van der Waals surface area contributed by atoms with Crippen molar-refractivity contribution >= 4 is 11.0 Å². The minimum absolute atomic E-state index is 0.185. The highest BCUT2D eigenvalue weighted by atomic mass is 16.6. The van der Waals surface area contributed by atoms with E-state index >= 15 is 0 Å². The van der Waals surface area contributed by atoms with Gasteiger partial charge in [-0.05, 0) is 28.9 Å². The maximum atomic E-state index is 5.69. The number of aromatic nitrogens is 3. The van der Waals surface area contributed by atoms with Crippen molar-refractivity contribution < 1.29 is 13.9 Å². The molecule has 3 heterocycles. The Hall–Kier alpha value is -2.25. The summed E-state index contributed by atoms with van der Waals surface area (Å²) in [6.45, 7) is 4.57. The lowest BCUT2D eigenvalue weighted by atomic mass is 10.0. The number of nitrogens with zero attached hydrogens (tertiary/aromatic N) is 4. The predicted molar refractivity (Wildman–Crippen MR) is 86.3 cm³/mol. The lowest BCUT2D eigenvalue weighted by Gasteiger charge is -2.15. The van der Waals surface area contributed by atoms with Crippen LogP contribution < -0.4 is 0 Å². The van der Waals surface area contributed by atoms with Crippen molar-refractivity contribution in [3.8, 4) is 0 Å². The molecule has 7 nitrogen and oxygen atoms in total. The largest absolute Gasteiger partial charge is 0.380 e. The number of hydrogen-bond acceptors (Lipinski definition) is 7. The molecule has 4 rings (SSSR count). The maximum Gasteiger partial charge on any atom is 0.139 e. The van der Waals surface area contributed by atoms with E-state index in [1.54, 1.807) is 7.11 Å². The molecule has 0 bridgehead atoms. The predicted octanol–water partition coefficient (Wildman–Crippen LogP) is 2.21. The van der Waals surface area contributed by atoms with Crippen LogP contribution in [0.15, 0.2) is 33.4 Å². The smallest absolute Gasteiger partial charge is 0.139 e. The number of benzene rings is 1. The second-order valence-electron chi connectivity index (χ2n) is 6.42. The third kappa shape index (κ3) is 2.92. The van der Waals surface area contributed by atoms with Gasteiger partial charge in [0.05, 0.1) is 11.8 Å². The number of ether oxygens (including phenoxy) is 1. The highest BCUT2D eigenvalue weighted by Crippen LogP contribution is 2.26. The van der Waals surface area contributed by atoms with Crippen LogP contribution in [-0.2, 0) is 17.7 Å². The zero-order valence-electron chi connectivity index (χ0n) is 13.8. The standard InChI is InChI=1S/C17H20N4O3/c1-11-6-14(23-18-11)7-13-9-21(10-16(13)22-2)8-12-4-3-5-15-17(12)20-24-19-15/h3-6,13,16H,7-10H2,1-2H3/t13-,16+/m1/s1. The van der Waals surface area contributed by atoms with Crippen molar-refractivity contribution in [3.63, 3.8) is 0 Å². The molecule has 7 heteroatoms. The number of rotatable bonds is 5. The van der Waals surface area contributed by atoms with E-state index < -0.39 is 0 Å². The molecule has 0 radical (unpaired) electrons. The summed E-state index contributed by atoms with van der Waals surface area (Å²) in [5, 5.41) is 11.9. The minimum Gasteiger partial charge on any atom is -0.380 e. The Balaban J connectivity index is 1.48. The minimum atomic E-state index is 0.185. The van der Waals surface area contributed by atoms with Gasteiger partial charge in [-0.1, -0.05) is 17.3 Å². The van der Waals surface area contributed by atoms with Gasteiger partial charge in [-0.25, -0.2) is 4.63 Å². The molecular formula is C17H20N4O3. The fourth-order valence-corrected chi connectivity index (χ4v) is 3.52. The molecule has 1 aliphatic heterocycles. The van der Waals surface area contributed by atoms with Gasteiger partial charge in [0.2, 0.25) is 0 Å². The summed E-state index contributed by atoms with van der Waals surface area (Å²) < 4.78 is 15.9. The topological polar surface area (TPSA) is 77.4 Å². The monoisotopic (exact) mass is 328 g/mol. The molecule has 0 N–H and O–H groups in total. The molecule has 2 atom stereocenters. The van der Waals surface area contributed by atoms with E-state index in [4.69, 9.17) is 13.9 Å².